The lowest BCUT2D eigenvalue weighted by Crippen LogP contribution is -2.39. The van der Waals surface area contributed by atoms with Gasteiger partial charge in [-0.25, -0.2) is 9.59 Å². The highest BCUT2D eigenvalue weighted by molar-refractivity contribution is 5.88. The van der Waals surface area contributed by atoms with Crippen LogP contribution in [0.2, 0.25) is 0 Å². The molecule has 1 aromatic heterocycles. The highest BCUT2D eigenvalue weighted by atomic mass is 16.6. The van der Waals surface area contributed by atoms with Gasteiger partial charge in [0.2, 0.25) is 0 Å². The van der Waals surface area contributed by atoms with E-state index in [1.807, 2.05) is 30.3 Å². The van der Waals surface area contributed by atoms with Gasteiger partial charge in [-0.15, -0.1) is 0 Å². The Morgan fingerprint density at radius 3 is 2.88 bits per heavy atom. The van der Waals surface area contributed by atoms with Gasteiger partial charge >= 0.3 is 12.1 Å². The number of carboxylic acids is 1. The largest absolute Gasteiger partial charge is 0.478 e. The molecule has 0 aliphatic carbocycles. The van der Waals surface area contributed by atoms with Crippen LogP contribution in [-0.2, 0) is 11.3 Å². The van der Waals surface area contributed by atoms with E-state index < -0.39 is 12.1 Å². The number of carbonyl (C=O) groups excluding carboxylic acids is 1. The molecule has 1 fully saturated rings. The van der Waals surface area contributed by atoms with E-state index in [1.165, 1.54) is 6.20 Å². The monoisotopic (exact) mass is 330 g/mol. The average molecular weight is 330 g/mol. The van der Waals surface area contributed by atoms with Crippen LogP contribution in [0.15, 0.2) is 41.1 Å². The Hall–Kier alpha value is -2.83. The molecule has 126 valence electrons. The van der Waals surface area contributed by atoms with Gasteiger partial charge in [0.15, 0.2) is 5.76 Å². The smallest absolute Gasteiger partial charge is 0.410 e. The molecule has 24 heavy (non-hydrogen) atoms. The highest BCUT2D eigenvalue weighted by Gasteiger charge is 2.31. The van der Waals surface area contributed by atoms with E-state index in [-0.39, 0.29) is 18.1 Å². The first-order valence-electron chi connectivity index (χ1n) is 7.78. The molecule has 1 unspecified atom stereocenters. The molecule has 1 aliphatic rings. The van der Waals surface area contributed by atoms with Crippen molar-refractivity contribution in [3.05, 3.63) is 53.4 Å². The summed E-state index contributed by atoms with van der Waals surface area (Å²) in [6.07, 6.45) is 2.30. The first kappa shape index (κ1) is 16.0. The number of aromatic nitrogens is 1. The third kappa shape index (κ3) is 3.56. The predicted molar refractivity (Wildman–Crippen MR) is 83.6 cm³/mol. The van der Waals surface area contributed by atoms with Crippen molar-refractivity contribution in [2.75, 3.05) is 13.1 Å². The van der Waals surface area contributed by atoms with Gasteiger partial charge in [0.05, 0.1) is 6.20 Å². The van der Waals surface area contributed by atoms with Crippen molar-refractivity contribution in [2.45, 2.75) is 25.4 Å². The Morgan fingerprint density at radius 2 is 2.12 bits per heavy atom. The number of carboxylic acid groups (broad SMARTS) is 1. The minimum absolute atomic E-state index is 0.0551. The van der Waals surface area contributed by atoms with Crippen LogP contribution in [0.25, 0.3) is 0 Å². The number of aromatic carboxylic acids is 1. The van der Waals surface area contributed by atoms with Gasteiger partial charge in [-0.3, -0.25) is 0 Å². The van der Waals surface area contributed by atoms with Crippen LogP contribution in [0.1, 0.15) is 40.4 Å². The minimum atomic E-state index is -1.07. The molecular weight excluding hydrogens is 312 g/mol. The van der Waals surface area contributed by atoms with Crippen molar-refractivity contribution in [1.29, 1.82) is 0 Å². The molecule has 1 atom stereocenters. The van der Waals surface area contributed by atoms with Crippen molar-refractivity contribution >= 4 is 12.1 Å². The predicted octanol–water partition coefficient (Wildman–Crippen LogP) is 2.89. The summed E-state index contributed by atoms with van der Waals surface area (Å²) >= 11 is 0. The summed E-state index contributed by atoms with van der Waals surface area (Å²) in [6.45, 7) is 1.16. The Labute approximate surface area is 138 Å². The molecule has 0 radical (unpaired) electrons. The fourth-order valence-corrected chi connectivity index (χ4v) is 2.87. The number of hydrogen-bond acceptors (Lipinski definition) is 5. The van der Waals surface area contributed by atoms with Crippen LogP contribution in [0.4, 0.5) is 4.79 Å². The number of carbonyl (C=O) groups is 2. The number of rotatable bonds is 4. The molecule has 0 spiro atoms. The van der Waals surface area contributed by atoms with Gasteiger partial charge < -0.3 is 19.3 Å². The zero-order chi connectivity index (χ0) is 16.9. The van der Waals surface area contributed by atoms with Crippen molar-refractivity contribution < 1.29 is 24.0 Å². The maximum atomic E-state index is 12.2. The molecule has 2 aromatic rings. The summed E-state index contributed by atoms with van der Waals surface area (Å²) in [5.74, 6) is -0.935. The number of amides is 1. The molecule has 0 bridgehead atoms. The van der Waals surface area contributed by atoms with Gasteiger partial charge in [0.25, 0.3) is 0 Å². The molecule has 3 rings (SSSR count). The first-order chi connectivity index (χ1) is 11.6. The van der Waals surface area contributed by atoms with Gasteiger partial charge in [-0.05, 0) is 18.4 Å². The number of likely N-dealkylation sites (tertiary alicyclic amines) is 1. The standard InChI is InChI=1S/C17H18N2O5/c20-16(21)14-9-18-24-15(14)13-7-4-8-19(10-13)17(22)23-11-12-5-2-1-3-6-12/h1-3,5-6,9,13H,4,7-8,10-11H2,(H,20,21). The minimum Gasteiger partial charge on any atom is -0.478 e. The van der Waals surface area contributed by atoms with E-state index >= 15 is 0 Å². The Kier molecular flexibility index (Phi) is 4.79. The molecule has 7 nitrogen and oxygen atoms in total. The SMILES string of the molecule is O=C(O)c1cnoc1C1CCCN(C(=O)OCc2ccccc2)C1. The molecule has 1 saturated heterocycles. The van der Waals surface area contributed by atoms with Crippen molar-refractivity contribution in [3.8, 4) is 0 Å². The molecule has 1 aromatic carbocycles. The van der Waals surface area contributed by atoms with E-state index in [1.54, 1.807) is 4.90 Å². The van der Waals surface area contributed by atoms with Crippen LogP contribution in [-0.4, -0.2) is 40.3 Å². The third-order valence-electron chi connectivity index (χ3n) is 4.08. The highest BCUT2D eigenvalue weighted by Crippen LogP contribution is 2.29. The Balaban J connectivity index is 1.61. The Morgan fingerprint density at radius 1 is 1.33 bits per heavy atom. The molecule has 1 aliphatic heterocycles. The van der Waals surface area contributed by atoms with Crippen LogP contribution in [0.5, 0.6) is 0 Å². The number of ether oxygens (including phenoxy) is 1. The lowest BCUT2D eigenvalue weighted by Gasteiger charge is -2.31. The maximum absolute atomic E-state index is 12.2. The fourth-order valence-electron chi connectivity index (χ4n) is 2.87. The third-order valence-corrected chi connectivity index (χ3v) is 4.08. The van der Waals surface area contributed by atoms with E-state index in [4.69, 9.17) is 14.4 Å². The lowest BCUT2D eigenvalue weighted by molar-refractivity contribution is 0.0690. The molecule has 7 heteroatoms. The van der Waals surface area contributed by atoms with Crippen molar-refractivity contribution in [2.24, 2.45) is 0 Å². The van der Waals surface area contributed by atoms with Crippen molar-refractivity contribution in [3.63, 3.8) is 0 Å². The molecule has 0 saturated carbocycles. The van der Waals surface area contributed by atoms with Gasteiger partial charge in [0.1, 0.15) is 12.2 Å². The summed E-state index contributed by atoms with van der Waals surface area (Å²) in [4.78, 5) is 25.0. The molecular formula is C17H18N2O5. The summed E-state index contributed by atoms with van der Waals surface area (Å²) in [5, 5.41) is 12.7. The van der Waals surface area contributed by atoms with Gasteiger partial charge in [-0.1, -0.05) is 35.5 Å². The van der Waals surface area contributed by atoms with Crippen LogP contribution < -0.4 is 0 Å². The summed E-state index contributed by atoms with van der Waals surface area (Å²) in [7, 11) is 0. The second kappa shape index (κ2) is 7.16. The second-order valence-corrected chi connectivity index (χ2v) is 5.73. The van der Waals surface area contributed by atoms with E-state index in [0.29, 0.717) is 18.8 Å². The Bertz CT molecular complexity index is 713. The lowest BCUT2D eigenvalue weighted by atomic mass is 9.93. The normalized spacial score (nSPS) is 17.5. The first-order valence-corrected chi connectivity index (χ1v) is 7.78. The van der Waals surface area contributed by atoms with Gasteiger partial charge in [-0.2, -0.15) is 0 Å². The second-order valence-electron chi connectivity index (χ2n) is 5.73. The number of benzene rings is 1. The topological polar surface area (TPSA) is 92.9 Å². The van der Waals surface area contributed by atoms with Crippen molar-refractivity contribution in [1.82, 2.24) is 10.1 Å². The zero-order valence-electron chi connectivity index (χ0n) is 13.1. The molecule has 1 N–H and O–H groups in total. The maximum Gasteiger partial charge on any atom is 0.410 e. The van der Waals surface area contributed by atoms with Crippen LogP contribution >= 0.6 is 0 Å². The molecule has 1 amide bonds. The molecule has 2 heterocycles. The summed E-state index contributed by atoms with van der Waals surface area (Å²) in [5.41, 5.74) is 0.974. The number of piperidine rings is 1. The van der Waals surface area contributed by atoms with Gasteiger partial charge in [0, 0.05) is 19.0 Å². The fraction of sp³-hybridized carbons (Fsp3) is 0.353. The summed E-state index contributed by atoms with van der Waals surface area (Å²) < 4.78 is 10.4. The number of nitrogens with zero attached hydrogens (tertiary/aromatic N) is 2. The average Bonchev–Trinajstić information content (AvgIpc) is 3.11. The van der Waals surface area contributed by atoms with E-state index in [2.05, 4.69) is 5.16 Å². The van der Waals surface area contributed by atoms with Crippen LogP contribution in [0.3, 0.4) is 0 Å². The van der Waals surface area contributed by atoms with E-state index in [9.17, 15) is 9.59 Å². The van der Waals surface area contributed by atoms with E-state index in [0.717, 1.165) is 18.4 Å². The summed E-state index contributed by atoms with van der Waals surface area (Å²) in [6, 6.07) is 9.45. The quantitative estimate of drug-likeness (QED) is 0.926. The number of hydrogen-bond donors (Lipinski definition) is 1. The zero-order valence-corrected chi connectivity index (χ0v) is 13.1. The van der Waals surface area contributed by atoms with Crippen LogP contribution in [0, 0.1) is 0 Å².